The smallest absolute Gasteiger partial charge is 0.287 e. The van der Waals surface area contributed by atoms with Crippen molar-refractivity contribution in [2.24, 2.45) is 10.9 Å². The zero-order valence-electron chi connectivity index (χ0n) is 20.0. The average Bonchev–Trinajstić information content (AvgIpc) is 3.00. The van der Waals surface area contributed by atoms with Crippen LogP contribution in [0.4, 0.5) is 5.69 Å². The highest BCUT2D eigenvalue weighted by atomic mass is 16.6. The van der Waals surface area contributed by atoms with Crippen LogP contribution in [0, 0.1) is 16.0 Å². The number of pyridine rings is 1. The summed E-state index contributed by atoms with van der Waals surface area (Å²) in [5, 5.41) is 11.2. The minimum Gasteiger partial charge on any atom is -0.346 e. The molecule has 0 amide bonds. The largest absolute Gasteiger partial charge is 0.346 e. The van der Waals surface area contributed by atoms with Crippen LogP contribution in [0.15, 0.2) is 114 Å². The van der Waals surface area contributed by atoms with E-state index in [4.69, 9.17) is 0 Å². The van der Waals surface area contributed by atoms with Crippen LogP contribution in [0.1, 0.15) is 33.6 Å². The molecule has 1 aromatic heterocycles. The van der Waals surface area contributed by atoms with Crippen LogP contribution in [-0.2, 0) is 0 Å². The lowest BCUT2D eigenvalue weighted by atomic mass is 10.0. The van der Waals surface area contributed by atoms with Gasteiger partial charge >= 0.3 is 0 Å². The Labute approximate surface area is 201 Å². The Kier molecular flexibility index (Phi) is 8.14. The lowest BCUT2D eigenvalue weighted by Gasteiger charge is -2.26. The van der Waals surface area contributed by atoms with Gasteiger partial charge in [-0.25, -0.2) is 4.99 Å². The highest BCUT2D eigenvalue weighted by molar-refractivity contribution is 5.87. The van der Waals surface area contributed by atoms with Gasteiger partial charge in [0.25, 0.3) is 5.70 Å². The van der Waals surface area contributed by atoms with E-state index >= 15 is 0 Å². The van der Waals surface area contributed by atoms with E-state index in [-0.39, 0.29) is 11.6 Å². The fraction of sp³-hybridized carbons (Fsp3) is 0.259. The molecular formula is C27H31N5O2. The monoisotopic (exact) mass is 457 g/mol. The highest BCUT2D eigenvalue weighted by Gasteiger charge is 2.19. The molecule has 0 spiro atoms. The van der Waals surface area contributed by atoms with Gasteiger partial charge in [-0.15, -0.1) is 0 Å². The number of aliphatic imine (C=N–C) groups is 1. The third-order valence-corrected chi connectivity index (χ3v) is 5.63. The maximum absolute atomic E-state index is 11.2. The molecule has 7 heteroatoms. The Morgan fingerprint density at radius 1 is 1.38 bits per heavy atom. The van der Waals surface area contributed by atoms with Crippen LogP contribution in [-0.4, -0.2) is 27.2 Å². The molecule has 1 unspecified atom stereocenters. The van der Waals surface area contributed by atoms with E-state index in [1.54, 1.807) is 6.20 Å². The lowest BCUT2D eigenvalue weighted by Crippen LogP contribution is -2.29. The molecule has 0 fully saturated rings. The van der Waals surface area contributed by atoms with Crippen LogP contribution < -0.4 is 4.90 Å². The number of hydrogen-bond donors (Lipinski definition) is 0. The van der Waals surface area contributed by atoms with Crippen molar-refractivity contribution in [3.05, 3.63) is 119 Å². The molecule has 176 valence electrons. The SMILES string of the molecule is C=C(C=CN(C(=C)C)C1=NC=C([N+](=O)[O-])C=CCC1C)C1=CN(c2cccnc2)CCC(C)=C1. The number of nitrogens with zero attached hydrogens (tertiary/aromatic N) is 5. The molecular weight excluding hydrogens is 426 g/mol. The number of amidine groups is 1. The van der Waals surface area contributed by atoms with E-state index in [1.807, 2.05) is 55.4 Å². The Balaban J connectivity index is 1.90. The Morgan fingerprint density at radius 2 is 2.18 bits per heavy atom. The molecule has 1 atom stereocenters. The Morgan fingerprint density at radius 3 is 2.85 bits per heavy atom. The van der Waals surface area contributed by atoms with E-state index in [1.165, 1.54) is 17.8 Å². The highest BCUT2D eigenvalue weighted by Crippen LogP contribution is 2.25. The topological polar surface area (TPSA) is 74.9 Å². The van der Waals surface area contributed by atoms with Gasteiger partial charge in [-0.2, -0.15) is 0 Å². The number of hydrogen-bond acceptors (Lipinski definition) is 6. The second-order valence-electron chi connectivity index (χ2n) is 8.51. The first-order valence-electron chi connectivity index (χ1n) is 11.2. The van der Waals surface area contributed by atoms with Crippen LogP contribution in [0.25, 0.3) is 0 Å². The van der Waals surface area contributed by atoms with Gasteiger partial charge in [-0.3, -0.25) is 15.1 Å². The number of rotatable bonds is 6. The van der Waals surface area contributed by atoms with E-state index in [9.17, 15) is 10.1 Å². The Bertz CT molecular complexity index is 1140. The summed E-state index contributed by atoms with van der Waals surface area (Å²) in [4.78, 5) is 23.6. The van der Waals surface area contributed by atoms with Crippen molar-refractivity contribution < 1.29 is 4.92 Å². The van der Waals surface area contributed by atoms with Crippen molar-refractivity contribution in [2.75, 3.05) is 11.4 Å². The molecule has 1 aromatic rings. The molecule has 0 saturated carbocycles. The summed E-state index contributed by atoms with van der Waals surface area (Å²) >= 11 is 0. The van der Waals surface area contributed by atoms with Crippen LogP contribution in [0.5, 0.6) is 0 Å². The predicted molar refractivity (Wildman–Crippen MR) is 138 cm³/mol. The molecule has 0 radical (unpaired) electrons. The van der Waals surface area contributed by atoms with Gasteiger partial charge in [0.1, 0.15) is 12.0 Å². The van der Waals surface area contributed by atoms with Crippen molar-refractivity contribution in [3.8, 4) is 0 Å². The van der Waals surface area contributed by atoms with Gasteiger partial charge in [0.05, 0.1) is 16.8 Å². The van der Waals surface area contributed by atoms with Crippen LogP contribution >= 0.6 is 0 Å². The standard InChI is InChI=1S/C27H31N5O2/c1-20(2)31(27-23(5)8-6-9-26(18-29-27)32(33)34)15-12-22(4)24-16-21(3)11-14-30(19-24)25-10-7-13-28-17-25/h6-7,9-10,12-13,15-19,23H,1,4,8,11,14H2,2-3,5H3. The summed E-state index contributed by atoms with van der Waals surface area (Å²) in [6, 6.07) is 3.97. The summed E-state index contributed by atoms with van der Waals surface area (Å²) in [5.41, 5.74) is 4.85. The fourth-order valence-electron chi connectivity index (χ4n) is 3.68. The second-order valence-corrected chi connectivity index (χ2v) is 8.51. The normalized spacial score (nSPS) is 18.7. The molecule has 3 heterocycles. The van der Waals surface area contributed by atoms with Crippen molar-refractivity contribution >= 4 is 11.5 Å². The molecule has 2 aliphatic rings. The average molecular weight is 458 g/mol. The fourth-order valence-corrected chi connectivity index (χ4v) is 3.68. The summed E-state index contributed by atoms with van der Waals surface area (Å²) in [7, 11) is 0. The third-order valence-electron chi connectivity index (χ3n) is 5.63. The minimum absolute atomic E-state index is 0.0424. The number of anilines is 1. The first-order chi connectivity index (χ1) is 16.3. The van der Waals surface area contributed by atoms with Gasteiger partial charge < -0.3 is 9.80 Å². The van der Waals surface area contributed by atoms with Crippen molar-refractivity contribution in [1.82, 2.24) is 9.88 Å². The molecule has 0 aromatic carbocycles. The summed E-state index contributed by atoms with van der Waals surface area (Å²) in [6.45, 7) is 15.3. The molecule has 0 bridgehead atoms. The third kappa shape index (κ3) is 6.28. The van der Waals surface area contributed by atoms with Gasteiger partial charge in [0.15, 0.2) is 0 Å². The zero-order valence-corrected chi connectivity index (χ0v) is 20.0. The van der Waals surface area contributed by atoms with Crippen LogP contribution in [0.3, 0.4) is 0 Å². The van der Waals surface area contributed by atoms with Gasteiger partial charge in [0, 0.05) is 42.8 Å². The summed E-state index contributed by atoms with van der Waals surface area (Å²) in [5.74, 6) is 0.745. The first-order valence-corrected chi connectivity index (χ1v) is 11.2. The van der Waals surface area contributed by atoms with Crippen molar-refractivity contribution in [3.63, 3.8) is 0 Å². The van der Waals surface area contributed by atoms with E-state index in [0.717, 1.165) is 35.5 Å². The zero-order chi connectivity index (χ0) is 24.7. The molecule has 2 aliphatic heterocycles. The number of aromatic nitrogens is 1. The summed E-state index contributed by atoms with van der Waals surface area (Å²) in [6.07, 6.45) is 17.9. The molecule has 0 N–H and O–H groups in total. The molecule has 0 saturated heterocycles. The van der Waals surface area contributed by atoms with Gasteiger partial charge in [-0.1, -0.05) is 37.8 Å². The van der Waals surface area contributed by atoms with E-state index < -0.39 is 4.92 Å². The van der Waals surface area contributed by atoms with Crippen molar-refractivity contribution in [2.45, 2.75) is 33.6 Å². The van der Waals surface area contributed by atoms with Crippen molar-refractivity contribution in [1.29, 1.82) is 0 Å². The molecule has 34 heavy (non-hydrogen) atoms. The predicted octanol–water partition coefficient (Wildman–Crippen LogP) is 6.14. The molecule has 7 nitrogen and oxygen atoms in total. The lowest BCUT2D eigenvalue weighted by molar-refractivity contribution is -0.419. The quantitative estimate of drug-likeness (QED) is 0.291. The number of nitro groups is 1. The number of allylic oxidation sites excluding steroid dienone is 7. The van der Waals surface area contributed by atoms with Gasteiger partial charge in [0.2, 0.25) is 0 Å². The van der Waals surface area contributed by atoms with E-state index in [2.05, 4.69) is 47.2 Å². The minimum atomic E-state index is -0.433. The van der Waals surface area contributed by atoms with Crippen LogP contribution in [0.2, 0.25) is 0 Å². The molecule has 3 rings (SSSR count). The summed E-state index contributed by atoms with van der Waals surface area (Å²) < 4.78 is 0. The van der Waals surface area contributed by atoms with E-state index in [0.29, 0.717) is 12.3 Å². The first kappa shape index (κ1) is 24.6. The Hall–Kier alpha value is -4.00. The maximum Gasteiger partial charge on any atom is 0.287 e. The second kappa shape index (κ2) is 11.2. The van der Waals surface area contributed by atoms with Gasteiger partial charge in [-0.05, 0) is 56.0 Å². The molecule has 0 aliphatic carbocycles. The maximum atomic E-state index is 11.2.